The number of para-hydroxylation sites is 1. The molecule has 3 nitrogen and oxygen atoms in total. The molecule has 0 aliphatic heterocycles. The number of rotatable bonds is 5. The van der Waals surface area contributed by atoms with E-state index in [2.05, 4.69) is 36.1 Å². The van der Waals surface area contributed by atoms with E-state index in [4.69, 9.17) is 4.43 Å². The maximum absolute atomic E-state index is 5.99. The van der Waals surface area contributed by atoms with Gasteiger partial charge in [-0.1, -0.05) is 18.2 Å². The molecule has 0 atom stereocenters. The van der Waals surface area contributed by atoms with Gasteiger partial charge in [0.1, 0.15) is 11.4 Å². The third kappa shape index (κ3) is 4.03. The first-order chi connectivity index (χ1) is 9.66. The number of hydrogen-bond acceptors (Lipinski definition) is 3. The second-order valence-electron chi connectivity index (χ2n) is 4.93. The summed E-state index contributed by atoms with van der Waals surface area (Å²) in [5.41, 5.74) is 3.06. The van der Waals surface area contributed by atoms with Gasteiger partial charge in [-0.2, -0.15) is 0 Å². The molecule has 0 fully saturated rings. The van der Waals surface area contributed by atoms with Crippen LogP contribution in [-0.2, 0) is 6.42 Å². The highest BCUT2D eigenvalue weighted by atomic mass is 28.3. The Hall–Kier alpha value is -1.94. The number of benzene rings is 1. The molecule has 0 saturated carbocycles. The number of aliphatic imine (C=N–C) groups is 1. The van der Waals surface area contributed by atoms with E-state index in [0.29, 0.717) is 0 Å². The molecule has 0 bridgehead atoms. The van der Waals surface area contributed by atoms with Crippen LogP contribution in [0.1, 0.15) is 11.3 Å². The Morgan fingerprint density at radius 3 is 2.75 bits per heavy atom. The van der Waals surface area contributed by atoms with Crippen LogP contribution in [0.15, 0.2) is 47.6 Å². The summed E-state index contributed by atoms with van der Waals surface area (Å²) in [6, 6.07) is 12.0. The molecule has 2 rings (SSSR count). The van der Waals surface area contributed by atoms with Crippen molar-refractivity contribution in [2.75, 3.05) is 0 Å². The molecular weight excluding hydrogens is 264 g/mol. The molecular formula is C16H20N2OSi. The number of nitrogens with zero attached hydrogens (tertiary/aromatic N) is 2. The Bertz CT molecular complexity index is 582. The van der Waals surface area contributed by atoms with Crippen molar-refractivity contribution in [3.8, 4) is 5.75 Å². The monoisotopic (exact) mass is 284 g/mol. The minimum absolute atomic E-state index is 0.729. The molecule has 0 aliphatic rings. The molecule has 0 N–H and O–H groups in total. The maximum atomic E-state index is 5.99. The molecule has 104 valence electrons. The molecule has 20 heavy (non-hydrogen) atoms. The van der Waals surface area contributed by atoms with Crippen LogP contribution in [-0.4, -0.2) is 20.2 Å². The van der Waals surface area contributed by atoms with E-state index in [1.807, 2.05) is 36.5 Å². The SMILES string of the molecule is Cc1cccc(N=CCc2ccccn2)c1O[SiH](C)C. The zero-order valence-corrected chi connectivity index (χ0v) is 13.4. The van der Waals surface area contributed by atoms with Gasteiger partial charge in [0, 0.05) is 24.5 Å². The van der Waals surface area contributed by atoms with E-state index >= 15 is 0 Å². The summed E-state index contributed by atoms with van der Waals surface area (Å²) < 4.78 is 5.99. The Kier molecular flexibility index (Phi) is 5.07. The molecule has 0 radical (unpaired) electrons. The van der Waals surface area contributed by atoms with Crippen molar-refractivity contribution < 1.29 is 4.43 Å². The standard InChI is InChI=1S/C16H20N2OSi/c1-13-7-6-9-15(16(13)19-20(2)3)18-12-10-14-8-4-5-11-17-14/h4-9,11-12,20H,10H2,1-3H3. The molecule has 1 heterocycles. The van der Waals surface area contributed by atoms with Crippen molar-refractivity contribution in [1.29, 1.82) is 0 Å². The van der Waals surface area contributed by atoms with Gasteiger partial charge in [0.05, 0.1) is 0 Å². The Balaban J connectivity index is 2.14. The van der Waals surface area contributed by atoms with Crippen LogP contribution < -0.4 is 4.43 Å². The van der Waals surface area contributed by atoms with Crippen molar-refractivity contribution in [2.24, 2.45) is 4.99 Å². The smallest absolute Gasteiger partial charge is 0.229 e. The Labute approximate surface area is 122 Å². The quantitative estimate of drug-likeness (QED) is 0.620. The van der Waals surface area contributed by atoms with Gasteiger partial charge in [0.15, 0.2) is 0 Å². The van der Waals surface area contributed by atoms with Crippen LogP contribution >= 0.6 is 0 Å². The second-order valence-corrected chi connectivity index (χ2v) is 7.26. The minimum atomic E-state index is -1.13. The summed E-state index contributed by atoms with van der Waals surface area (Å²) >= 11 is 0. The van der Waals surface area contributed by atoms with Gasteiger partial charge >= 0.3 is 0 Å². The van der Waals surface area contributed by atoms with Crippen LogP contribution in [0.5, 0.6) is 5.75 Å². The lowest BCUT2D eigenvalue weighted by Crippen LogP contribution is -2.12. The van der Waals surface area contributed by atoms with Gasteiger partial charge in [-0.3, -0.25) is 9.98 Å². The molecule has 0 unspecified atom stereocenters. The predicted molar refractivity (Wildman–Crippen MR) is 86.8 cm³/mol. The van der Waals surface area contributed by atoms with Crippen molar-refractivity contribution in [1.82, 2.24) is 4.98 Å². The lowest BCUT2D eigenvalue weighted by molar-refractivity contribution is 0.577. The zero-order valence-electron chi connectivity index (χ0n) is 12.2. The lowest BCUT2D eigenvalue weighted by atomic mass is 10.2. The molecule has 1 aromatic heterocycles. The van der Waals surface area contributed by atoms with Gasteiger partial charge in [-0.25, -0.2) is 0 Å². The summed E-state index contributed by atoms with van der Waals surface area (Å²) in [5, 5.41) is 0. The first-order valence-electron chi connectivity index (χ1n) is 6.85. The fraction of sp³-hybridized carbons (Fsp3) is 0.250. The van der Waals surface area contributed by atoms with Crippen LogP contribution in [0, 0.1) is 6.92 Å². The Morgan fingerprint density at radius 1 is 1.20 bits per heavy atom. The normalized spacial score (nSPS) is 11.2. The highest BCUT2D eigenvalue weighted by molar-refractivity contribution is 6.49. The largest absolute Gasteiger partial charge is 0.545 e. The van der Waals surface area contributed by atoms with E-state index in [1.54, 1.807) is 6.20 Å². The average Bonchev–Trinajstić information content (AvgIpc) is 2.43. The van der Waals surface area contributed by atoms with E-state index in [-0.39, 0.29) is 0 Å². The van der Waals surface area contributed by atoms with E-state index in [1.165, 1.54) is 0 Å². The third-order valence-corrected chi connectivity index (χ3v) is 3.51. The van der Waals surface area contributed by atoms with Crippen molar-refractivity contribution >= 4 is 20.9 Å². The molecule has 0 aliphatic carbocycles. The van der Waals surface area contributed by atoms with E-state index < -0.39 is 9.04 Å². The van der Waals surface area contributed by atoms with Crippen molar-refractivity contribution in [2.45, 2.75) is 26.4 Å². The van der Waals surface area contributed by atoms with Crippen LogP contribution in [0.3, 0.4) is 0 Å². The van der Waals surface area contributed by atoms with Gasteiger partial charge < -0.3 is 4.43 Å². The molecule has 0 spiro atoms. The molecule has 2 aromatic rings. The average molecular weight is 284 g/mol. The zero-order chi connectivity index (χ0) is 14.4. The highest BCUT2D eigenvalue weighted by Crippen LogP contribution is 2.31. The highest BCUT2D eigenvalue weighted by Gasteiger charge is 2.07. The second kappa shape index (κ2) is 7.00. The van der Waals surface area contributed by atoms with E-state index in [0.717, 1.165) is 29.1 Å². The van der Waals surface area contributed by atoms with Crippen LogP contribution in [0.25, 0.3) is 0 Å². The topological polar surface area (TPSA) is 34.5 Å². The summed E-state index contributed by atoms with van der Waals surface area (Å²) in [4.78, 5) is 8.83. The summed E-state index contributed by atoms with van der Waals surface area (Å²) in [6.45, 7) is 6.38. The van der Waals surface area contributed by atoms with Crippen molar-refractivity contribution in [3.63, 3.8) is 0 Å². The minimum Gasteiger partial charge on any atom is -0.545 e. The summed E-state index contributed by atoms with van der Waals surface area (Å²) in [5.74, 6) is 0.923. The van der Waals surface area contributed by atoms with Gasteiger partial charge in [0.25, 0.3) is 0 Å². The molecule has 4 heteroatoms. The van der Waals surface area contributed by atoms with E-state index in [9.17, 15) is 0 Å². The fourth-order valence-electron chi connectivity index (χ4n) is 1.88. The number of aromatic nitrogens is 1. The summed E-state index contributed by atoms with van der Waals surface area (Å²) in [6.07, 6.45) is 4.42. The maximum Gasteiger partial charge on any atom is 0.229 e. The third-order valence-electron chi connectivity index (χ3n) is 2.80. The molecule has 0 saturated heterocycles. The number of aryl methyl sites for hydroxylation is 1. The number of pyridine rings is 1. The van der Waals surface area contributed by atoms with Crippen molar-refractivity contribution in [3.05, 3.63) is 53.9 Å². The van der Waals surface area contributed by atoms with Crippen LogP contribution in [0.2, 0.25) is 13.1 Å². The first kappa shape index (κ1) is 14.5. The Morgan fingerprint density at radius 2 is 2.05 bits per heavy atom. The fourth-order valence-corrected chi connectivity index (χ4v) is 2.66. The number of hydrogen-bond donors (Lipinski definition) is 0. The lowest BCUT2D eigenvalue weighted by Gasteiger charge is -2.14. The van der Waals surface area contributed by atoms with Gasteiger partial charge in [-0.15, -0.1) is 0 Å². The van der Waals surface area contributed by atoms with Crippen LogP contribution in [0.4, 0.5) is 5.69 Å². The molecule has 1 aromatic carbocycles. The van der Waals surface area contributed by atoms with Gasteiger partial charge in [-0.05, 0) is 43.8 Å². The first-order valence-corrected chi connectivity index (χ1v) is 9.63. The van der Waals surface area contributed by atoms with Gasteiger partial charge in [0.2, 0.25) is 9.04 Å². The molecule has 0 amide bonds. The predicted octanol–water partition coefficient (Wildman–Crippen LogP) is 3.70. The summed E-state index contributed by atoms with van der Waals surface area (Å²) in [7, 11) is -1.13.